The molecule has 1 aromatic carbocycles. The summed E-state index contributed by atoms with van der Waals surface area (Å²) in [6.07, 6.45) is -0.780. The molecular formula is C17H24F2N6. The number of aryl methyl sites for hydroxylation is 1. The summed E-state index contributed by atoms with van der Waals surface area (Å²) in [5.41, 5.74) is 7.77. The van der Waals surface area contributed by atoms with E-state index in [2.05, 4.69) is 27.2 Å². The predicted molar refractivity (Wildman–Crippen MR) is 94.9 cm³/mol. The van der Waals surface area contributed by atoms with E-state index in [9.17, 15) is 8.78 Å². The van der Waals surface area contributed by atoms with Crippen LogP contribution in [0.25, 0.3) is 0 Å². The SMILES string of the molecule is CCCN(Cc1nc(N)nc(Nc2ccccc2CC)n1)CC(F)F. The Bertz CT molecular complexity index is 680. The molecule has 1 heterocycles. The molecule has 0 saturated heterocycles. The van der Waals surface area contributed by atoms with E-state index in [0.29, 0.717) is 18.3 Å². The molecule has 0 aliphatic rings. The van der Waals surface area contributed by atoms with Crippen molar-refractivity contribution in [2.24, 2.45) is 0 Å². The Labute approximate surface area is 146 Å². The first-order chi connectivity index (χ1) is 12.0. The largest absolute Gasteiger partial charge is 0.368 e. The number of hydrogen-bond donors (Lipinski definition) is 2. The fourth-order valence-corrected chi connectivity index (χ4v) is 2.58. The Morgan fingerprint density at radius 2 is 1.92 bits per heavy atom. The first-order valence-electron chi connectivity index (χ1n) is 8.37. The van der Waals surface area contributed by atoms with E-state index in [-0.39, 0.29) is 19.0 Å². The number of aromatic nitrogens is 3. The lowest BCUT2D eigenvalue weighted by molar-refractivity contribution is 0.0835. The van der Waals surface area contributed by atoms with Gasteiger partial charge < -0.3 is 11.1 Å². The summed E-state index contributed by atoms with van der Waals surface area (Å²) in [5, 5.41) is 3.14. The van der Waals surface area contributed by atoms with E-state index in [1.165, 1.54) is 0 Å². The third kappa shape index (κ3) is 5.90. The maximum Gasteiger partial charge on any atom is 0.251 e. The molecule has 0 atom stereocenters. The van der Waals surface area contributed by atoms with Gasteiger partial charge in [-0.2, -0.15) is 15.0 Å². The summed E-state index contributed by atoms with van der Waals surface area (Å²) in [4.78, 5) is 14.1. The average Bonchev–Trinajstić information content (AvgIpc) is 2.54. The molecular weight excluding hydrogens is 326 g/mol. The summed E-state index contributed by atoms with van der Waals surface area (Å²) in [5.74, 6) is 0.755. The molecule has 0 spiro atoms. The fourth-order valence-electron chi connectivity index (χ4n) is 2.58. The topological polar surface area (TPSA) is 80.0 Å². The molecule has 0 radical (unpaired) electrons. The zero-order valence-corrected chi connectivity index (χ0v) is 14.5. The third-order valence-electron chi connectivity index (χ3n) is 3.64. The number of nitrogens with one attached hydrogen (secondary N) is 1. The predicted octanol–water partition coefficient (Wildman–Crippen LogP) is 3.24. The zero-order valence-electron chi connectivity index (χ0n) is 14.5. The van der Waals surface area contributed by atoms with Crippen molar-refractivity contribution < 1.29 is 8.78 Å². The highest BCUT2D eigenvalue weighted by atomic mass is 19.3. The number of anilines is 3. The second-order valence-corrected chi connectivity index (χ2v) is 5.70. The van der Waals surface area contributed by atoms with E-state index >= 15 is 0 Å². The number of halogens is 2. The smallest absolute Gasteiger partial charge is 0.251 e. The molecule has 136 valence electrons. The Kier molecular flexibility index (Phi) is 7.00. The highest BCUT2D eigenvalue weighted by Gasteiger charge is 2.15. The molecule has 0 unspecified atom stereocenters. The number of para-hydroxylation sites is 1. The first kappa shape index (κ1) is 19.0. The van der Waals surface area contributed by atoms with Gasteiger partial charge in [0.25, 0.3) is 6.43 Å². The highest BCUT2D eigenvalue weighted by molar-refractivity contribution is 5.58. The van der Waals surface area contributed by atoms with Crippen LogP contribution in [0.4, 0.5) is 26.4 Å². The van der Waals surface area contributed by atoms with Crippen molar-refractivity contribution in [2.45, 2.75) is 39.7 Å². The summed E-state index contributed by atoms with van der Waals surface area (Å²) in [7, 11) is 0. The van der Waals surface area contributed by atoms with Gasteiger partial charge in [-0.15, -0.1) is 0 Å². The van der Waals surface area contributed by atoms with Gasteiger partial charge in [0.05, 0.1) is 13.1 Å². The molecule has 6 nitrogen and oxygen atoms in total. The normalized spacial score (nSPS) is 11.3. The first-order valence-corrected chi connectivity index (χ1v) is 8.37. The van der Waals surface area contributed by atoms with Gasteiger partial charge in [-0.1, -0.05) is 32.0 Å². The Hall–Kier alpha value is -2.35. The number of benzene rings is 1. The van der Waals surface area contributed by atoms with Crippen molar-refractivity contribution in [1.29, 1.82) is 0 Å². The Morgan fingerprint density at radius 1 is 1.16 bits per heavy atom. The summed E-state index contributed by atoms with van der Waals surface area (Å²) in [6, 6.07) is 7.82. The van der Waals surface area contributed by atoms with Gasteiger partial charge in [0.2, 0.25) is 11.9 Å². The minimum atomic E-state index is -2.40. The van der Waals surface area contributed by atoms with Gasteiger partial charge >= 0.3 is 0 Å². The van der Waals surface area contributed by atoms with Gasteiger partial charge in [-0.25, -0.2) is 8.78 Å². The lowest BCUT2D eigenvalue weighted by atomic mass is 10.1. The second kappa shape index (κ2) is 9.22. The van der Waals surface area contributed by atoms with Crippen molar-refractivity contribution >= 4 is 17.6 Å². The third-order valence-corrected chi connectivity index (χ3v) is 3.64. The van der Waals surface area contributed by atoms with Crippen LogP contribution < -0.4 is 11.1 Å². The average molecular weight is 350 g/mol. The van der Waals surface area contributed by atoms with Crippen LogP contribution >= 0.6 is 0 Å². The highest BCUT2D eigenvalue weighted by Crippen LogP contribution is 2.19. The van der Waals surface area contributed by atoms with Crippen molar-refractivity contribution in [3.05, 3.63) is 35.7 Å². The molecule has 3 N–H and O–H groups in total. The molecule has 25 heavy (non-hydrogen) atoms. The molecule has 0 aliphatic heterocycles. The maximum atomic E-state index is 12.7. The number of rotatable bonds is 9. The summed E-state index contributed by atoms with van der Waals surface area (Å²) >= 11 is 0. The molecule has 0 bridgehead atoms. The minimum absolute atomic E-state index is 0.0648. The molecule has 2 rings (SSSR count). The number of nitrogen functional groups attached to an aromatic ring is 1. The lowest BCUT2D eigenvalue weighted by Gasteiger charge is -2.20. The summed E-state index contributed by atoms with van der Waals surface area (Å²) < 4.78 is 25.4. The van der Waals surface area contributed by atoms with Crippen LogP contribution in [-0.2, 0) is 13.0 Å². The molecule has 0 saturated carbocycles. The van der Waals surface area contributed by atoms with E-state index in [4.69, 9.17) is 5.73 Å². The molecule has 0 fully saturated rings. The molecule has 2 aromatic rings. The van der Waals surface area contributed by atoms with Crippen molar-refractivity contribution in [2.75, 3.05) is 24.1 Å². The van der Waals surface area contributed by atoms with Crippen LogP contribution in [0.3, 0.4) is 0 Å². The van der Waals surface area contributed by atoms with Crippen molar-refractivity contribution in [1.82, 2.24) is 19.9 Å². The van der Waals surface area contributed by atoms with Crippen LogP contribution in [0.5, 0.6) is 0 Å². The number of alkyl halides is 2. The minimum Gasteiger partial charge on any atom is -0.368 e. The lowest BCUT2D eigenvalue weighted by Crippen LogP contribution is -2.30. The van der Waals surface area contributed by atoms with Crippen LogP contribution in [-0.4, -0.2) is 39.4 Å². The van der Waals surface area contributed by atoms with E-state index < -0.39 is 6.43 Å². The van der Waals surface area contributed by atoms with E-state index in [1.807, 2.05) is 31.2 Å². The van der Waals surface area contributed by atoms with Crippen LogP contribution in [0.15, 0.2) is 24.3 Å². The Balaban J connectivity index is 2.18. The second-order valence-electron chi connectivity index (χ2n) is 5.70. The van der Waals surface area contributed by atoms with Crippen molar-refractivity contribution in [3.8, 4) is 0 Å². The van der Waals surface area contributed by atoms with Crippen LogP contribution in [0, 0.1) is 0 Å². The zero-order chi connectivity index (χ0) is 18.2. The molecule has 8 heteroatoms. The monoisotopic (exact) mass is 350 g/mol. The quantitative estimate of drug-likeness (QED) is 0.723. The maximum absolute atomic E-state index is 12.7. The fraction of sp³-hybridized carbons (Fsp3) is 0.471. The molecule has 0 aliphatic carbocycles. The molecule has 1 aromatic heterocycles. The van der Waals surface area contributed by atoms with Gasteiger partial charge in [0, 0.05) is 5.69 Å². The van der Waals surface area contributed by atoms with Gasteiger partial charge in [0.1, 0.15) is 5.82 Å². The number of nitrogens with two attached hydrogens (primary N) is 1. The molecule has 0 amide bonds. The summed E-state index contributed by atoms with van der Waals surface area (Å²) in [6.45, 7) is 4.42. The van der Waals surface area contributed by atoms with Gasteiger partial charge in [-0.05, 0) is 31.0 Å². The van der Waals surface area contributed by atoms with Gasteiger partial charge in [0.15, 0.2) is 0 Å². The Morgan fingerprint density at radius 3 is 2.60 bits per heavy atom. The van der Waals surface area contributed by atoms with Crippen LogP contribution in [0.1, 0.15) is 31.7 Å². The van der Waals surface area contributed by atoms with E-state index in [0.717, 1.165) is 24.1 Å². The number of hydrogen-bond acceptors (Lipinski definition) is 6. The standard InChI is InChI=1S/C17H24F2N6/c1-3-9-25(10-14(18)19)11-15-22-16(20)24-17(23-15)21-13-8-6-5-7-12(13)4-2/h5-8,14H,3-4,9-11H2,1-2H3,(H3,20,21,22,23,24). The van der Waals surface area contributed by atoms with Crippen LogP contribution in [0.2, 0.25) is 0 Å². The number of nitrogens with zero attached hydrogens (tertiary/aromatic N) is 4. The van der Waals surface area contributed by atoms with Gasteiger partial charge in [-0.3, -0.25) is 4.90 Å². The van der Waals surface area contributed by atoms with E-state index in [1.54, 1.807) is 4.90 Å². The van der Waals surface area contributed by atoms with Crippen molar-refractivity contribution in [3.63, 3.8) is 0 Å².